The van der Waals surface area contributed by atoms with Crippen LogP contribution in [0.2, 0.25) is 15.1 Å². The molecule has 0 aromatic heterocycles. The Hall–Kier alpha value is -2.31. The van der Waals surface area contributed by atoms with E-state index in [-0.39, 0.29) is 15.4 Å². The number of fused-ring (bicyclic) bond motifs is 1. The number of anilines is 2. The van der Waals surface area contributed by atoms with E-state index < -0.39 is 15.6 Å². The molecule has 3 aromatic rings. The third-order valence-corrected chi connectivity index (χ3v) is 6.89. The van der Waals surface area contributed by atoms with E-state index in [1.165, 1.54) is 36.5 Å². The molecule has 8 heteroatoms. The van der Waals surface area contributed by atoms with Crippen molar-refractivity contribution >= 4 is 61.8 Å². The van der Waals surface area contributed by atoms with Crippen LogP contribution in [0.25, 0.3) is 0 Å². The van der Waals surface area contributed by atoms with Gasteiger partial charge in [0.2, 0.25) is 15.6 Å². The molecule has 0 saturated carbocycles. The first-order chi connectivity index (χ1) is 13.8. The largest absolute Gasteiger partial charge is 0.314 e. The van der Waals surface area contributed by atoms with Crippen LogP contribution in [0, 0.1) is 0 Å². The van der Waals surface area contributed by atoms with Gasteiger partial charge in [-0.1, -0.05) is 46.9 Å². The average Bonchev–Trinajstić information content (AvgIpc) is 2.67. The lowest BCUT2D eigenvalue weighted by molar-refractivity contribution is 0.104. The molecule has 0 spiro atoms. The third kappa shape index (κ3) is 3.67. The summed E-state index contributed by atoms with van der Waals surface area (Å²) in [4.78, 5) is 14.3. The van der Waals surface area contributed by atoms with E-state index in [9.17, 15) is 13.2 Å². The van der Waals surface area contributed by atoms with Gasteiger partial charge in [-0.15, -0.1) is 0 Å². The Morgan fingerprint density at radius 2 is 1.41 bits per heavy atom. The number of carbonyl (C=O) groups excluding carboxylic acids is 1. The number of carbonyl (C=O) groups is 1. The maximum atomic E-state index is 13.2. The van der Waals surface area contributed by atoms with Gasteiger partial charge < -0.3 is 4.90 Å². The third-order valence-electron chi connectivity index (χ3n) is 4.41. The van der Waals surface area contributed by atoms with Gasteiger partial charge in [0.15, 0.2) is 0 Å². The second kappa shape index (κ2) is 7.50. The summed E-state index contributed by atoms with van der Waals surface area (Å²) in [6, 6.07) is 17.3. The number of hydrogen-bond acceptors (Lipinski definition) is 4. The number of sulfone groups is 1. The van der Waals surface area contributed by atoms with Gasteiger partial charge in [-0.05, 0) is 54.6 Å². The SMILES string of the molecule is O=C(C1=CN(c2cc(Cl)cc(Cl)c2)c2ccccc2S1(=O)=O)c1ccc(Cl)cc1. The molecule has 0 fully saturated rings. The van der Waals surface area contributed by atoms with Crippen LogP contribution in [-0.4, -0.2) is 14.2 Å². The number of benzene rings is 3. The van der Waals surface area contributed by atoms with Crippen molar-refractivity contribution in [3.8, 4) is 0 Å². The number of ketones is 1. The zero-order valence-electron chi connectivity index (χ0n) is 14.6. The van der Waals surface area contributed by atoms with Crippen LogP contribution < -0.4 is 4.90 Å². The Labute approximate surface area is 182 Å². The smallest absolute Gasteiger partial charge is 0.214 e. The molecule has 0 unspecified atom stereocenters. The van der Waals surface area contributed by atoms with Crippen molar-refractivity contribution in [1.29, 1.82) is 0 Å². The number of allylic oxidation sites excluding steroid dienone is 1. The highest BCUT2D eigenvalue weighted by atomic mass is 35.5. The molecule has 0 saturated heterocycles. The van der Waals surface area contributed by atoms with Crippen LogP contribution in [0.3, 0.4) is 0 Å². The molecule has 0 bridgehead atoms. The number of Topliss-reactive ketones (excluding diaryl/α,β-unsaturated/α-hetero) is 1. The lowest BCUT2D eigenvalue weighted by Crippen LogP contribution is -2.25. The zero-order chi connectivity index (χ0) is 20.8. The number of para-hydroxylation sites is 1. The summed E-state index contributed by atoms with van der Waals surface area (Å²) in [5, 5.41) is 1.22. The van der Waals surface area contributed by atoms with Crippen LogP contribution in [0.15, 0.2) is 82.7 Å². The lowest BCUT2D eigenvalue weighted by Gasteiger charge is -2.29. The Balaban J connectivity index is 1.93. The molecule has 146 valence electrons. The highest BCUT2D eigenvalue weighted by molar-refractivity contribution is 7.96. The molecule has 0 atom stereocenters. The van der Waals surface area contributed by atoms with Crippen LogP contribution in [0.1, 0.15) is 10.4 Å². The van der Waals surface area contributed by atoms with Crippen molar-refractivity contribution in [1.82, 2.24) is 0 Å². The van der Waals surface area contributed by atoms with Gasteiger partial charge in [-0.25, -0.2) is 8.42 Å². The van der Waals surface area contributed by atoms with E-state index in [1.54, 1.807) is 41.3 Å². The van der Waals surface area contributed by atoms with Crippen LogP contribution in [-0.2, 0) is 9.84 Å². The van der Waals surface area contributed by atoms with Gasteiger partial charge in [-0.2, -0.15) is 0 Å². The molecular formula is C21H12Cl3NO3S. The van der Waals surface area contributed by atoms with Crippen molar-refractivity contribution in [3.05, 3.63) is 98.5 Å². The Kier molecular flexibility index (Phi) is 5.17. The summed E-state index contributed by atoms with van der Waals surface area (Å²) in [5.74, 6) is -0.630. The van der Waals surface area contributed by atoms with Gasteiger partial charge >= 0.3 is 0 Å². The first-order valence-electron chi connectivity index (χ1n) is 8.39. The van der Waals surface area contributed by atoms with Crippen molar-refractivity contribution in [2.24, 2.45) is 0 Å². The molecule has 29 heavy (non-hydrogen) atoms. The van der Waals surface area contributed by atoms with E-state index in [1.807, 2.05) is 0 Å². The molecule has 0 amide bonds. The van der Waals surface area contributed by atoms with E-state index in [0.29, 0.717) is 26.4 Å². The maximum Gasteiger partial charge on any atom is 0.214 e. The van der Waals surface area contributed by atoms with Gasteiger partial charge in [0.25, 0.3) is 0 Å². The van der Waals surface area contributed by atoms with Gasteiger partial charge in [0.1, 0.15) is 4.91 Å². The molecule has 0 N–H and O–H groups in total. The van der Waals surface area contributed by atoms with Gasteiger partial charge in [0.05, 0.1) is 10.6 Å². The van der Waals surface area contributed by atoms with E-state index in [2.05, 4.69) is 0 Å². The molecule has 1 aliphatic heterocycles. The van der Waals surface area contributed by atoms with Crippen molar-refractivity contribution < 1.29 is 13.2 Å². The van der Waals surface area contributed by atoms with Crippen LogP contribution in [0.4, 0.5) is 11.4 Å². The first-order valence-corrected chi connectivity index (χ1v) is 11.0. The second-order valence-electron chi connectivity index (χ2n) is 6.30. The summed E-state index contributed by atoms with van der Waals surface area (Å²) in [6.45, 7) is 0. The number of halogens is 3. The highest BCUT2D eigenvalue weighted by Gasteiger charge is 2.36. The fourth-order valence-electron chi connectivity index (χ4n) is 3.07. The molecular weight excluding hydrogens is 453 g/mol. The average molecular weight is 465 g/mol. The minimum absolute atomic E-state index is 0.0240. The summed E-state index contributed by atoms with van der Waals surface area (Å²) in [7, 11) is -4.03. The van der Waals surface area contributed by atoms with Crippen molar-refractivity contribution in [2.45, 2.75) is 4.90 Å². The fourth-order valence-corrected chi connectivity index (χ4v) is 5.26. The minimum atomic E-state index is -4.03. The molecule has 0 radical (unpaired) electrons. The lowest BCUT2D eigenvalue weighted by atomic mass is 10.1. The quantitative estimate of drug-likeness (QED) is 0.427. The minimum Gasteiger partial charge on any atom is -0.314 e. The van der Waals surface area contributed by atoms with Crippen molar-refractivity contribution in [3.63, 3.8) is 0 Å². The summed E-state index contributed by atoms with van der Waals surface area (Å²) < 4.78 is 26.4. The Morgan fingerprint density at radius 3 is 2.07 bits per heavy atom. The predicted octanol–water partition coefficient (Wildman–Crippen LogP) is 6.30. The summed E-state index contributed by atoms with van der Waals surface area (Å²) in [6.07, 6.45) is 1.30. The molecule has 4 rings (SSSR count). The Bertz CT molecular complexity index is 1250. The van der Waals surface area contributed by atoms with Gasteiger partial charge in [-0.3, -0.25) is 4.79 Å². The van der Waals surface area contributed by atoms with Gasteiger partial charge in [0, 0.05) is 32.5 Å². The summed E-state index contributed by atoms with van der Waals surface area (Å²) >= 11 is 18.1. The number of hydrogen-bond donors (Lipinski definition) is 0. The van der Waals surface area contributed by atoms with E-state index >= 15 is 0 Å². The molecule has 0 aliphatic carbocycles. The fraction of sp³-hybridized carbons (Fsp3) is 0. The maximum absolute atomic E-state index is 13.2. The van der Waals surface area contributed by atoms with Crippen molar-refractivity contribution in [2.75, 3.05) is 4.90 Å². The second-order valence-corrected chi connectivity index (χ2v) is 9.49. The highest BCUT2D eigenvalue weighted by Crippen LogP contribution is 2.41. The van der Waals surface area contributed by atoms with Crippen LogP contribution in [0.5, 0.6) is 0 Å². The standard InChI is InChI=1S/C21H12Cl3NO3S/c22-14-7-5-13(6-8-14)21(26)20-12-25(17-10-15(23)9-16(24)11-17)18-3-1-2-4-19(18)29(20,27)28/h1-12H. The monoisotopic (exact) mass is 463 g/mol. The summed E-state index contributed by atoms with van der Waals surface area (Å²) in [5.41, 5.74) is 1.15. The molecule has 1 heterocycles. The Morgan fingerprint density at radius 1 is 0.793 bits per heavy atom. The normalized spacial score (nSPS) is 14.9. The molecule has 1 aliphatic rings. The topological polar surface area (TPSA) is 54.5 Å². The molecule has 4 nitrogen and oxygen atoms in total. The van der Waals surface area contributed by atoms with Crippen LogP contribution >= 0.6 is 34.8 Å². The zero-order valence-corrected chi connectivity index (χ0v) is 17.7. The molecule has 3 aromatic carbocycles. The van der Waals surface area contributed by atoms with E-state index in [0.717, 1.165) is 0 Å². The first kappa shape index (κ1) is 20.0. The predicted molar refractivity (Wildman–Crippen MR) is 116 cm³/mol. The van der Waals surface area contributed by atoms with E-state index in [4.69, 9.17) is 34.8 Å². The number of rotatable bonds is 3. The number of nitrogens with zero attached hydrogens (tertiary/aromatic N) is 1.